The van der Waals surface area contributed by atoms with Crippen LogP contribution in [0.4, 0.5) is 0 Å². The summed E-state index contributed by atoms with van der Waals surface area (Å²) in [6.07, 6.45) is -3.72. The van der Waals surface area contributed by atoms with Gasteiger partial charge in [0.1, 0.15) is 5.44 Å². The number of hydrogen-bond acceptors (Lipinski definition) is 8. The fraction of sp³-hybridized carbons (Fsp3) is 0.471. The molecule has 2 saturated heterocycles. The Balaban J connectivity index is 1.85. The van der Waals surface area contributed by atoms with Crippen LogP contribution in [0.1, 0.15) is 19.4 Å². The molecule has 0 aromatic heterocycles. The molecule has 2 aliphatic rings. The smallest absolute Gasteiger partial charge is 0.339 e. The fourth-order valence-corrected chi connectivity index (χ4v) is 3.90. The summed E-state index contributed by atoms with van der Waals surface area (Å²) in [6, 6.07) is 7.72. The molecule has 8 heteroatoms. The predicted molar refractivity (Wildman–Crippen MR) is 86.7 cm³/mol. The summed E-state index contributed by atoms with van der Waals surface area (Å²) in [4.78, 5) is 35.7. The van der Waals surface area contributed by atoms with Crippen LogP contribution in [0.2, 0.25) is 0 Å². The highest BCUT2D eigenvalue weighted by atomic mass is 32.2. The normalized spacial score (nSPS) is 30.5. The van der Waals surface area contributed by atoms with Crippen molar-refractivity contribution < 1.29 is 33.3 Å². The van der Waals surface area contributed by atoms with Crippen molar-refractivity contribution in [2.75, 3.05) is 0 Å². The quantitative estimate of drug-likeness (QED) is 0.586. The van der Waals surface area contributed by atoms with E-state index in [-0.39, 0.29) is 0 Å². The van der Waals surface area contributed by atoms with Gasteiger partial charge in [0, 0.05) is 18.7 Å². The summed E-state index contributed by atoms with van der Waals surface area (Å²) in [7, 11) is 0. The molecule has 0 aliphatic carbocycles. The third kappa shape index (κ3) is 3.80. The van der Waals surface area contributed by atoms with E-state index in [0.29, 0.717) is 0 Å². The standard InChI is InChI=1S/C17H18O7S/c1-8-4-6-11(7-5-8)25-17-15(22-10(3)19)13-12(21-9(2)18)14(24-17)16(20)23-13/h4-7,12-15,17H,1-3H3/t12-,13-,14-,15?,17-/m0/s1. The number of carbonyl (C=O) groups is 3. The molecule has 0 saturated carbocycles. The van der Waals surface area contributed by atoms with Gasteiger partial charge in [-0.25, -0.2) is 4.79 Å². The molecule has 0 N–H and O–H groups in total. The number of esters is 3. The molecule has 3 rings (SSSR count). The Bertz CT molecular complexity index is 687. The van der Waals surface area contributed by atoms with E-state index in [1.165, 1.54) is 25.6 Å². The minimum atomic E-state index is -1.02. The van der Waals surface area contributed by atoms with Gasteiger partial charge < -0.3 is 18.9 Å². The summed E-state index contributed by atoms with van der Waals surface area (Å²) in [5.74, 6) is -1.72. The molecule has 1 aromatic rings. The molecule has 0 radical (unpaired) electrons. The molecule has 1 unspecified atom stereocenters. The van der Waals surface area contributed by atoms with E-state index in [9.17, 15) is 14.4 Å². The lowest BCUT2D eigenvalue weighted by Crippen LogP contribution is -2.55. The SMILES string of the molecule is CC(=O)OC1[C@H]2OC(=O)[C@@H](O[C@H]1Sc1ccc(C)cc1)[C@H]2OC(C)=O. The van der Waals surface area contributed by atoms with Crippen molar-refractivity contribution in [3.63, 3.8) is 0 Å². The third-order valence-electron chi connectivity index (χ3n) is 3.86. The number of rotatable bonds is 4. The summed E-state index contributed by atoms with van der Waals surface area (Å²) in [5, 5.41) is 0. The molecule has 0 spiro atoms. The van der Waals surface area contributed by atoms with Crippen LogP contribution in [-0.2, 0) is 33.3 Å². The van der Waals surface area contributed by atoms with Gasteiger partial charge in [0.25, 0.3) is 0 Å². The largest absolute Gasteiger partial charge is 0.455 e. The van der Waals surface area contributed by atoms with E-state index in [2.05, 4.69) is 0 Å². The molecule has 7 nitrogen and oxygen atoms in total. The lowest BCUT2D eigenvalue weighted by atomic mass is 10.0. The summed E-state index contributed by atoms with van der Waals surface area (Å²) >= 11 is 1.32. The Morgan fingerprint density at radius 3 is 2.24 bits per heavy atom. The first-order valence-electron chi connectivity index (χ1n) is 7.79. The number of hydrogen-bond donors (Lipinski definition) is 0. The molecule has 2 fully saturated rings. The number of benzene rings is 1. The van der Waals surface area contributed by atoms with Crippen molar-refractivity contribution in [1.29, 1.82) is 0 Å². The number of carbonyl (C=O) groups excluding carboxylic acids is 3. The first-order valence-corrected chi connectivity index (χ1v) is 8.67. The van der Waals surface area contributed by atoms with Crippen LogP contribution in [-0.4, -0.2) is 47.8 Å². The van der Waals surface area contributed by atoms with Crippen LogP contribution in [0.5, 0.6) is 0 Å². The Kier molecular flexibility index (Phi) is 5.01. The average Bonchev–Trinajstić information content (AvgIpc) is 2.74. The van der Waals surface area contributed by atoms with Crippen molar-refractivity contribution in [3.05, 3.63) is 29.8 Å². The Labute approximate surface area is 148 Å². The molecule has 5 atom stereocenters. The molecule has 25 heavy (non-hydrogen) atoms. The number of aryl methyl sites for hydroxylation is 1. The Hall–Kier alpha value is -2.06. The van der Waals surface area contributed by atoms with Crippen LogP contribution < -0.4 is 0 Å². The van der Waals surface area contributed by atoms with Crippen molar-refractivity contribution in [2.24, 2.45) is 0 Å². The minimum Gasteiger partial charge on any atom is -0.455 e. The molecule has 0 amide bonds. The Morgan fingerprint density at radius 2 is 1.64 bits per heavy atom. The number of thioether (sulfide) groups is 1. The van der Waals surface area contributed by atoms with Gasteiger partial charge in [-0.15, -0.1) is 0 Å². The molecule has 2 bridgehead atoms. The van der Waals surface area contributed by atoms with Gasteiger partial charge in [0.2, 0.25) is 0 Å². The predicted octanol–water partition coefficient (Wildman–Crippen LogP) is 1.60. The van der Waals surface area contributed by atoms with E-state index in [4.69, 9.17) is 18.9 Å². The molecule has 2 aliphatic heterocycles. The van der Waals surface area contributed by atoms with Gasteiger partial charge in [0.05, 0.1) is 0 Å². The van der Waals surface area contributed by atoms with Crippen molar-refractivity contribution >= 4 is 29.7 Å². The van der Waals surface area contributed by atoms with Crippen molar-refractivity contribution in [2.45, 2.75) is 55.5 Å². The fourth-order valence-electron chi connectivity index (χ4n) is 2.82. The first-order chi connectivity index (χ1) is 11.8. The van der Waals surface area contributed by atoms with E-state index < -0.39 is 47.8 Å². The van der Waals surface area contributed by atoms with Gasteiger partial charge in [0.15, 0.2) is 24.4 Å². The van der Waals surface area contributed by atoms with Gasteiger partial charge >= 0.3 is 17.9 Å². The van der Waals surface area contributed by atoms with Crippen LogP contribution in [0.3, 0.4) is 0 Å². The summed E-state index contributed by atoms with van der Waals surface area (Å²) < 4.78 is 21.6. The topological polar surface area (TPSA) is 88.1 Å². The van der Waals surface area contributed by atoms with E-state index in [1.54, 1.807) is 0 Å². The maximum absolute atomic E-state index is 12.0. The zero-order chi connectivity index (χ0) is 18.1. The highest BCUT2D eigenvalue weighted by Crippen LogP contribution is 2.40. The number of fused-ring (bicyclic) bond motifs is 2. The maximum Gasteiger partial charge on any atom is 0.339 e. The highest BCUT2D eigenvalue weighted by molar-refractivity contribution is 7.99. The van der Waals surface area contributed by atoms with Gasteiger partial charge in [-0.05, 0) is 19.1 Å². The van der Waals surface area contributed by atoms with Crippen LogP contribution >= 0.6 is 11.8 Å². The van der Waals surface area contributed by atoms with E-state index in [0.717, 1.165) is 10.5 Å². The zero-order valence-electron chi connectivity index (χ0n) is 14.0. The molecule has 134 valence electrons. The van der Waals surface area contributed by atoms with Crippen LogP contribution in [0.25, 0.3) is 0 Å². The first kappa shape index (κ1) is 17.8. The maximum atomic E-state index is 12.0. The second kappa shape index (κ2) is 7.05. The second-order valence-corrected chi connectivity index (χ2v) is 7.08. The van der Waals surface area contributed by atoms with Gasteiger partial charge in [-0.3, -0.25) is 9.59 Å². The average molecular weight is 366 g/mol. The lowest BCUT2D eigenvalue weighted by Gasteiger charge is -2.36. The van der Waals surface area contributed by atoms with Crippen molar-refractivity contribution in [3.8, 4) is 0 Å². The van der Waals surface area contributed by atoms with Crippen LogP contribution in [0.15, 0.2) is 29.2 Å². The summed E-state index contributed by atoms with van der Waals surface area (Å²) in [6.45, 7) is 4.47. The third-order valence-corrected chi connectivity index (χ3v) is 5.01. The minimum absolute atomic E-state index is 0.536. The monoisotopic (exact) mass is 366 g/mol. The van der Waals surface area contributed by atoms with Gasteiger partial charge in [-0.2, -0.15) is 0 Å². The zero-order valence-corrected chi connectivity index (χ0v) is 14.8. The van der Waals surface area contributed by atoms with Crippen LogP contribution in [0, 0.1) is 6.92 Å². The second-order valence-electron chi connectivity index (χ2n) is 5.91. The lowest BCUT2D eigenvalue weighted by molar-refractivity contribution is -0.190. The molecule has 2 heterocycles. The van der Waals surface area contributed by atoms with E-state index >= 15 is 0 Å². The van der Waals surface area contributed by atoms with Gasteiger partial charge in [-0.1, -0.05) is 29.5 Å². The molecule has 1 aromatic carbocycles. The molecular weight excluding hydrogens is 348 g/mol. The highest BCUT2D eigenvalue weighted by Gasteiger charge is 2.60. The number of ether oxygens (including phenoxy) is 4. The Morgan fingerprint density at radius 1 is 1.04 bits per heavy atom. The van der Waals surface area contributed by atoms with E-state index in [1.807, 2.05) is 31.2 Å². The molecular formula is C17H18O7S. The summed E-state index contributed by atoms with van der Waals surface area (Å²) in [5.41, 5.74) is 0.457. The van der Waals surface area contributed by atoms with Crippen molar-refractivity contribution in [1.82, 2.24) is 0 Å².